The second-order valence-corrected chi connectivity index (χ2v) is 5.34. The van der Waals surface area contributed by atoms with E-state index < -0.39 is 0 Å². The van der Waals surface area contributed by atoms with Crippen LogP contribution in [0.1, 0.15) is 5.56 Å². The third kappa shape index (κ3) is 7.21. The molecule has 0 aromatic heterocycles. The Morgan fingerprint density at radius 2 is 1.80 bits per heavy atom. The molecule has 136 valence electrons. The zero-order chi connectivity index (χ0) is 17.2. The number of benzene rings is 2. The number of nitrogens with one attached hydrogen (secondary N) is 1. The lowest BCUT2D eigenvalue weighted by Gasteiger charge is -2.22. The Bertz CT molecular complexity index is 650. The molecule has 1 N–H and O–H groups in total. The summed E-state index contributed by atoms with van der Waals surface area (Å²) in [5, 5.41) is 3.31. The summed E-state index contributed by atoms with van der Waals surface area (Å²) in [6.45, 7) is 2.02. The van der Waals surface area contributed by atoms with Crippen LogP contribution >= 0.6 is 24.0 Å². The van der Waals surface area contributed by atoms with E-state index in [9.17, 15) is 0 Å². The zero-order valence-electron chi connectivity index (χ0n) is 14.9. The molecule has 2 rings (SSSR count). The van der Waals surface area contributed by atoms with Crippen LogP contribution in [0.15, 0.2) is 59.6 Å². The van der Waals surface area contributed by atoms with Crippen molar-refractivity contribution in [2.75, 3.05) is 34.4 Å². The Kier molecular flexibility index (Phi) is 9.76. The Labute approximate surface area is 167 Å². The van der Waals surface area contributed by atoms with Gasteiger partial charge in [-0.05, 0) is 17.7 Å². The Balaban J connectivity index is 0.00000312. The van der Waals surface area contributed by atoms with Crippen LogP contribution in [0.2, 0.25) is 0 Å². The monoisotopic (exact) mass is 455 g/mol. The van der Waals surface area contributed by atoms with E-state index in [4.69, 9.17) is 9.47 Å². The van der Waals surface area contributed by atoms with E-state index in [-0.39, 0.29) is 24.0 Å². The standard InChI is InChI=1S/C19H25N3O2.HI/c1-20-19(22(2)15-16-8-5-4-6-9-16)21-12-13-24-18-11-7-10-17(14-18)23-3;/h4-11,14H,12-13,15H2,1-3H3,(H,20,21);1H. The van der Waals surface area contributed by atoms with Crippen LogP contribution in [0.25, 0.3) is 0 Å². The number of guanidine groups is 1. The van der Waals surface area contributed by atoms with Gasteiger partial charge in [-0.15, -0.1) is 24.0 Å². The molecule has 0 unspecified atom stereocenters. The van der Waals surface area contributed by atoms with Gasteiger partial charge in [-0.2, -0.15) is 0 Å². The van der Waals surface area contributed by atoms with Crippen molar-refractivity contribution >= 4 is 29.9 Å². The number of hydrogen-bond acceptors (Lipinski definition) is 3. The summed E-state index contributed by atoms with van der Waals surface area (Å²) in [6.07, 6.45) is 0. The Morgan fingerprint density at radius 1 is 1.08 bits per heavy atom. The highest BCUT2D eigenvalue weighted by atomic mass is 127. The maximum absolute atomic E-state index is 5.73. The number of ether oxygens (including phenoxy) is 2. The number of aliphatic imine (C=N–C) groups is 1. The molecule has 6 heteroatoms. The molecule has 0 aliphatic carbocycles. The summed E-state index contributed by atoms with van der Waals surface area (Å²) in [5.41, 5.74) is 1.25. The van der Waals surface area contributed by atoms with E-state index in [1.807, 2.05) is 49.5 Å². The van der Waals surface area contributed by atoms with E-state index in [1.54, 1.807) is 14.2 Å². The highest BCUT2D eigenvalue weighted by Gasteiger charge is 2.06. The van der Waals surface area contributed by atoms with Crippen molar-refractivity contribution in [2.45, 2.75) is 6.54 Å². The van der Waals surface area contributed by atoms with Crippen LogP contribution in [0, 0.1) is 0 Å². The lowest BCUT2D eigenvalue weighted by atomic mass is 10.2. The SMILES string of the molecule is CN=C(NCCOc1cccc(OC)c1)N(C)Cc1ccccc1.I. The second-order valence-electron chi connectivity index (χ2n) is 5.34. The fraction of sp³-hybridized carbons (Fsp3) is 0.316. The van der Waals surface area contributed by atoms with E-state index in [0.29, 0.717) is 13.2 Å². The summed E-state index contributed by atoms with van der Waals surface area (Å²) in [6, 6.07) is 17.9. The van der Waals surface area contributed by atoms with Crippen molar-refractivity contribution in [3.8, 4) is 11.5 Å². The summed E-state index contributed by atoms with van der Waals surface area (Å²) in [7, 11) is 5.45. The summed E-state index contributed by atoms with van der Waals surface area (Å²) in [4.78, 5) is 6.40. The van der Waals surface area contributed by atoms with Crippen LogP contribution < -0.4 is 14.8 Å². The fourth-order valence-corrected chi connectivity index (χ4v) is 2.34. The summed E-state index contributed by atoms with van der Waals surface area (Å²) < 4.78 is 10.9. The van der Waals surface area contributed by atoms with Gasteiger partial charge in [0.2, 0.25) is 0 Å². The van der Waals surface area contributed by atoms with E-state index in [0.717, 1.165) is 24.0 Å². The third-order valence-electron chi connectivity index (χ3n) is 3.53. The predicted molar refractivity (Wildman–Crippen MR) is 113 cm³/mol. The highest BCUT2D eigenvalue weighted by Crippen LogP contribution is 2.18. The normalized spacial score (nSPS) is 10.6. The van der Waals surface area contributed by atoms with Gasteiger partial charge in [-0.3, -0.25) is 4.99 Å². The highest BCUT2D eigenvalue weighted by molar-refractivity contribution is 14.0. The molecular weight excluding hydrogens is 429 g/mol. The number of methoxy groups -OCH3 is 1. The van der Waals surface area contributed by atoms with Crippen LogP contribution in [-0.2, 0) is 6.54 Å². The van der Waals surface area contributed by atoms with Crippen molar-refractivity contribution in [3.63, 3.8) is 0 Å². The van der Waals surface area contributed by atoms with Gasteiger partial charge in [0, 0.05) is 26.7 Å². The molecule has 2 aromatic rings. The minimum Gasteiger partial charge on any atom is -0.497 e. The van der Waals surface area contributed by atoms with Gasteiger partial charge in [0.15, 0.2) is 5.96 Å². The zero-order valence-corrected chi connectivity index (χ0v) is 17.3. The second kappa shape index (κ2) is 11.6. The summed E-state index contributed by atoms with van der Waals surface area (Å²) >= 11 is 0. The van der Waals surface area contributed by atoms with Crippen LogP contribution in [0.4, 0.5) is 0 Å². The molecule has 0 bridgehead atoms. The van der Waals surface area contributed by atoms with Gasteiger partial charge in [0.1, 0.15) is 18.1 Å². The molecule has 0 fully saturated rings. The first-order valence-electron chi connectivity index (χ1n) is 7.95. The number of halogens is 1. The smallest absolute Gasteiger partial charge is 0.193 e. The number of hydrogen-bond donors (Lipinski definition) is 1. The molecule has 0 aliphatic rings. The first kappa shape index (κ1) is 21.1. The van der Waals surface area contributed by atoms with Crippen molar-refractivity contribution in [3.05, 3.63) is 60.2 Å². The molecule has 0 spiro atoms. The van der Waals surface area contributed by atoms with Gasteiger partial charge in [-0.25, -0.2) is 0 Å². The van der Waals surface area contributed by atoms with E-state index in [2.05, 4.69) is 27.3 Å². The Hall–Kier alpha value is -1.96. The van der Waals surface area contributed by atoms with Crippen molar-refractivity contribution in [1.82, 2.24) is 10.2 Å². The molecule has 0 amide bonds. The topological polar surface area (TPSA) is 46.1 Å². The van der Waals surface area contributed by atoms with Crippen LogP contribution in [0.3, 0.4) is 0 Å². The quantitative estimate of drug-likeness (QED) is 0.301. The molecule has 0 saturated heterocycles. The van der Waals surface area contributed by atoms with Crippen LogP contribution in [0.5, 0.6) is 11.5 Å². The van der Waals surface area contributed by atoms with Crippen molar-refractivity contribution in [2.24, 2.45) is 4.99 Å². The average molecular weight is 455 g/mol. The maximum Gasteiger partial charge on any atom is 0.193 e. The third-order valence-corrected chi connectivity index (χ3v) is 3.53. The van der Waals surface area contributed by atoms with Gasteiger partial charge >= 0.3 is 0 Å². The average Bonchev–Trinajstić information content (AvgIpc) is 2.62. The Morgan fingerprint density at radius 3 is 2.48 bits per heavy atom. The number of rotatable bonds is 7. The maximum atomic E-state index is 5.73. The molecule has 0 saturated carbocycles. The molecule has 0 heterocycles. The largest absolute Gasteiger partial charge is 0.497 e. The van der Waals surface area contributed by atoms with Crippen molar-refractivity contribution in [1.29, 1.82) is 0 Å². The van der Waals surface area contributed by atoms with Gasteiger partial charge in [0.05, 0.1) is 13.7 Å². The molecule has 5 nitrogen and oxygen atoms in total. The molecule has 0 radical (unpaired) electrons. The first-order valence-corrected chi connectivity index (χ1v) is 7.95. The first-order chi connectivity index (χ1) is 11.7. The molecule has 0 atom stereocenters. The lowest BCUT2D eigenvalue weighted by Crippen LogP contribution is -2.40. The lowest BCUT2D eigenvalue weighted by molar-refractivity contribution is 0.316. The number of nitrogens with zero attached hydrogens (tertiary/aromatic N) is 2. The minimum absolute atomic E-state index is 0. The van der Waals surface area contributed by atoms with E-state index >= 15 is 0 Å². The molecule has 0 aliphatic heterocycles. The van der Waals surface area contributed by atoms with Crippen molar-refractivity contribution < 1.29 is 9.47 Å². The molecule has 2 aromatic carbocycles. The molecular formula is C19H26IN3O2. The minimum atomic E-state index is 0. The van der Waals surface area contributed by atoms with Crippen LogP contribution in [-0.4, -0.2) is 45.2 Å². The van der Waals surface area contributed by atoms with E-state index in [1.165, 1.54) is 5.56 Å². The summed E-state index contributed by atoms with van der Waals surface area (Å²) in [5.74, 6) is 2.43. The van der Waals surface area contributed by atoms with Gasteiger partial charge in [-0.1, -0.05) is 36.4 Å². The fourth-order valence-electron chi connectivity index (χ4n) is 2.34. The molecule has 25 heavy (non-hydrogen) atoms. The van der Waals surface area contributed by atoms with Gasteiger partial charge < -0.3 is 19.7 Å². The predicted octanol–water partition coefficient (Wildman–Crippen LogP) is 3.40. The van der Waals surface area contributed by atoms with Gasteiger partial charge in [0.25, 0.3) is 0 Å².